The number of hydrogen-bond acceptors (Lipinski definition) is 4. The standard InChI is InChI=1S/C17H12ClFO4/c18-17(21)23-15(16(20)22-9-19)14-12-7-3-1-5-10(12)11-6-2-4-8-13(11)14/h1-8,14-15H,9H2. The van der Waals surface area contributed by atoms with Crippen molar-refractivity contribution in [1.29, 1.82) is 0 Å². The SMILES string of the molecule is O=C(Cl)OC(C(=O)OCF)C1c2ccccc2-c2ccccc21. The number of alkyl halides is 1. The topological polar surface area (TPSA) is 52.6 Å². The summed E-state index contributed by atoms with van der Waals surface area (Å²) in [6.45, 7) is -1.30. The number of carbonyl (C=O) groups excluding carboxylic acids is 2. The van der Waals surface area contributed by atoms with Crippen LogP contribution in [0.3, 0.4) is 0 Å². The van der Waals surface area contributed by atoms with Crippen molar-refractivity contribution in [2.75, 3.05) is 6.86 Å². The normalized spacial score (nSPS) is 13.8. The van der Waals surface area contributed by atoms with Gasteiger partial charge >= 0.3 is 11.4 Å². The number of esters is 1. The van der Waals surface area contributed by atoms with Crippen molar-refractivity contribution in [1.82, 2.24) is 0 Å². The molecule has 0 amide bonds. The Labute approximate surface area is 136 Å². The predicted octanol–water partition coefficient (Wildman–Crippen LogP) is 4.01. The van der Waals surface area contributed by atoms with Crippen molar-refractivity contribution in [2.45, 2.75) is 12.0 Å². The van der Waals surface area contributed by atoms with Gasteiger partial charge in [0.05, 0.1) is 5.92 Å². The van der Waals surface area contributed by atoms with Gasteiger partial charge in [-0.2, -0.15) is 0 Å². The molecule has 0 saturated carbocycles. The van der Waals surface area contributed by atoms with Crippen molar-refractivity contribution in [3.05, 3.63) is 59.7 Å². The molecular formula is C17H12ClFO4. The van der Waals surface area contributed by atoms with Crippen LogP contribution in [-0.2, 0) is 14.3 Å². The van der Waals surface area contributed by atoms with Gasteiger partial charge in [0.2, 0.25) is 13.0 Å². The highest BCUT2D eigenvalue weighted by Crippen LogP contribution is 2.47. The van der Waals surface area contributed by atoms with Crippen molar-refractivity contribution < 1.29 is 23.5 Å². The summed E-state index contributed by atoms with van der Waals surface area (Å²) in [7, 11) is 0. The highest BCUT2D eigenvalue weighted by Gasteiger charge is 2.41. The summed E-state index contributed by atoms with van der Waals surface area (Å²) in [5.74, 6) is -1.57. The summed E-state index contributed by atoms with van der Waals surface area (Å²) in [6.07, 6.45) is -1.35. The molecule has 1 aliphatic rings. The van der Waals surface area contributed by atoms with E-state index in [1.165, 1.54) is 0 Å². The van der Waals surface area contributed by atoms with E-state index >= 15 is 0 Å². The highest BCUT2D eigenvalue weighted by atomic mass is 35.5. The van der Waals surface area contributed by atoms with Gasteiger partial charge in [-0.05, 0) is 22.3 Å². The molecule has 0 N–H and O–H groups in total. The maximum absolute atomic E-state index is 12.4. The third-order valence-corrected chi connectivity index (χ3v) is 3.92. The van der Waals surface area contributed by atoms with E-state index in [1.54, 1.807) is 0 Å². The van der Waals surface area contributed by atoms with Gasteiger partial charge in [-0.25, -0.2) is 14.0 Å². The molecule has 1 atom stereocenters. The van der Waals surface area contributed by atoms with E-state index in [0.29, 0.717) is 0 Å². The quantitative estimate of drug-likeness (QED) is 0.626. The van der Waals surface area contributed by atoms with Gasteiger partial charge in [-0.15, -0.1) is 0 Å². The van der Waals surface area contributed by atoms with E-state index in [4.69, 9.17) is 16.3 Å². The van der Waals surface area contributed by atoms with Gasteiger partial charge in [0.1, 0.15) is 0 Å². The minimum atomic E-state index is -1.35. The van der Waals surface area contributed by atoms with E-state index in [2.05, 4.69) is 4.74 Å². The van der Waals surface area contributed by atoms with Gasteiger partial charge in [0, 0.05) is 11.6 Å². The lowest BCUT2D eigenvalue weighted by Crippen LogP contribution is -2.33. The number of hydrogen-bond donors (Lipinski definition) is 0. The zero-order valence-corrected chi connectivity index (χ0v) is 12.6. The molecule has 118 valence electrons. The Hall–Kier alpha value is -2.40. The number of carbonyl (C=O) groups is 2. The fourth-order valence-corrected chi connectivity index (χ4v) is 3.10. The molecule has 4 nitrogen and oxygen atoms in total. The summed E-state index contributed by atoms with van der Waals surface area (Å²) in [6, 6.07) is 14.9. The molecule has 0 saturated heterocycles. The number of ether oxygens (including phenoxy) is 2. The molecule has 6 heteroatoms. The molecule has 0 fully saturated rings. The van der Waals surface area contributed by atoms with Crippen LogP contribution in [0.25, 0.3) is 11.1 Å². The average Bonchev–Trinajstić information content (AvgIpc) is 2.87. The molecule has 1 unspecified atom stereocenters. The van der Waals surface area contributed by atoms with E-state index in [9.17, 15) is 14.0 Å². The molecule has 0 aliphatic heterocycles. The molecule has 2 aromatic carbocycles. The zero-order valence-electron chi connectivity index (χ0n) is 11.9. The summed E-state index contributed by atoms with van der Waals surface area (Å²) < 4.78 is 21.8. The van der Waals surface area contributed by atoms with Gasteiger partial charge in [0.15, 0.2) is 0 Å². The predicted molar refractivity (Wildman–Crippen MR) is 81.9 cm³/mol. The second-order valence-corrected chi connectivity index (χ2v) is 5.31. The first-order valence-corrected chi connectivity index (χ1v) is 7.28. The molecule has 3 rings (SSSR count). The van der Waals surface area contributed by atoms with Gasteiger partial charge in [-0.3, -0.25) is 0 Å². The average molecular weight is 335 g/mol. The number of fused-ring (bicyclic) bond motifs is 3. The van der Waals surface area contributed by atoms with Crippen molar-refractivity contribution >= 4 is 23.0 Å². The van der Waals surface area contributed by atoms with Crippen LogP contribution in [0, 0.1) is 0 Å². The van der Waals surface area contributed by atoms with Crippen LogP contribution in [-0.4, -0.2) is 24.4 Å². The Balaban J connectivity index is 2.12. The molecule has 0 radical (unpaired) electrons. The first kappa shape index (κ1) is 15.5. The Kier molecular flexibility index (Phi) is 4.30. The number of rotatable bonds is 4. The fraction of sp³-hybridized carbons (Fsp3) is 0.176. The zero-order chi connectivity index (χ0) is 16.4. The molecule has 2 aromatic rings. The third-order valence-electron chi connectivity index (χ3n) is 3.83. The maximum atomic E-state index is 12.4. The third kappa shape index (κ3) is 2.80. The van der Waals surface area contributed by atoms with Crippen molar-refractivity contribution in [3.8, 4) is 11.1 Å². The summed E-state index contributed by atoms with van der Waals surface area (Å²) >= 11 is 5.29. The Morgan fingerprint density at radius 2 is 1.57 bits per heavy atom. The largest absolute Gasteiger partial charge is 0.437 e. The van der Waals surface area contributed by atoms with Crippen LogP contribution >= 0.6 is 11.6 Å². The van der Waals surface area contributed by atoms with Crippen LogP contribution in [0.15, 0.2) is 48.5 Å². The van der Waals surface area contributed by atoms with E-state index in [0.717, 1.165) is 22.3 Å². The first-order valence-electron chi connectivity index (χ1n) is 6.90. The molecule has 0 spiro atoms. The van der Waals surface area contributed by atoms with E-state index in [1.807, 2.05) is 48.5 Å². The Morgan fingerprint density at radius 1 is 1.04 bits per heavy atom. The summed E-state index contributed by atoms with van der Waals surface area (Å²) in [4.78, 5) is 23.3. The lowest BCUT2D eigenvalue weighted by atomic mass is 9.91. The summed E-state index contributed by atoms with van der Waals surface area (Å²) in [5, 5.41) is 0. The minimum absolute atomic E-state index is 0.593. The van der Waals surface area contributed by atoms with Crippen LogP contribution in [0.5, 0.6) is 0 Å². The van der Waals surface area contributed by atoms with Crippen LogP contribution in [0.1, 0.15) is 17.0 Å². The molecular weight excluding hydrogens is 323 g/mol. The number of halogens is 2. The molecule has 1 aliphatic carbocycles. The Morgan fingerprint density at radius 3 is 2.04 bits per heavy atom. The van der Waals surface area contributed by atoms with Crippen molar-refractivity contribution in [2.24, 2.45) is 0 Å². The monoisotopic (exact) mass is 334 g/mol. The van der Waals surface area contributed by atoms with Gasteiger partial charge < -0.3 is 9.47 Å². The number of benzene rings is 2. The minimum Gasteiger partial charge on any atom is -0.437 e. The molecule has 23 heavy (non-hydrogen) atoms. The second-order valence-electron chi connectivity index (χ2n) is 5.00. The van der Waals surface area contributed by atoms with E-state index in [-0.39, 0.29) is 0 Å². The smallest absolute Gasteiger partial charge is 0.404 e. The summed E-state index contributed by atoms with van der Waals surface area (Å²) in [5.41, 5.74) is 2.31. The second kappa shape index (κ2) is 6.38. The van der Waals surface area contributed by atoms with Gasteiger partial charge in [0.25, 0.3) is 0 Å². The maximum Gasteiger partial charge on any atom is 0.404 e. The van der Waals surface area contributed by atoms with Crippen LogP contribution < -0.4 is 0 Å². The fourth-order valence-electron chi connectivity index (χ4n) is 3.01. The van der Waals surface area contributed by atoms with E-state index < -0.39 is 30.3 Å². The van der Waals surface area contributed by atoms with Crippen LogP contribution in [0.2, 0.25) is 0 Å². The van der Waals surface area contributed by atoms with Crippen LogP contribution in [0.4, 0.5) is 9.18 Å². The van der Waals surface area contributed by atoms with Crippen molar-refractivity contribution in [3.63, 3.8) is 0 Å². The first-order chi connectivity index (χ1) is 11.1. The molecule has 0 aromatic heterocycles. The Bertz CT molecular complexity index is 716. The lowest BCUT2D eigenvalue weighted by Gasteiger charge is -2.22. The van der Waals surface area contributed by atoms with Gasteiger partial charge in [-0.1, -0.05) is 48.5 Å². The molecule has 0 bridgehead atoms. The molecule has 0 heterocycles. The highest BCUT2D eigenvalue weighted by molar-refractivity contribution is 6.61. The lowest BCUT2D eigenvalue weighted by molar-refractivity contribution is -0.158.